The molecule has 0 saturated heterocycles. The Labute approximate surface area is 155 Å². The first-order valence-electron chi connectivity index (χ1n) is 7.41. The summed E-state index contributed by atoms with van der Waals surface area (Å²) in [5.41, 5.74) is 1.68. The monoisotopic (exact) mass is 374 g/mol. The lowest BCUT2D eigenvalue weighted by molar-refractivity contribution is 0.376. The number of anilines is 1. The molecule has 0 radical (unpaired) electrons. The summed E-state index contributed by atoms with van der Waals surface area (Å²) >= 11 is 11.1. The van der Waals surface area contributed by atoms with Gasteiger partial charge in [0.2, 0.25) is 11.7 Å². The highest BCUT2D eigenvalue weighted by Gasteiger charge is 2.09. The number of halogens is 1. The number of rotatable bonds is 5. The van der Waals surface area contributed by atoms with Gasteiger partial charge in [0.25, 0.3) is 0 Å². The number of thiocarbonyl (C=S) groups is 1. The minimum Gasteiger partial charge on any atom is -0.497 e. The molecular weight excluding hydrogens is 360 g/mol. The van der Waals surface area contributed by atoms with E-state index in [4.69, 9.17) is 33.1 Å². The van der Waals surface area contributed by atoms with Crippen LogP contribution in [0.4, 0.5) is 5.69 Å². The topological polar surface area (TPSA) is 72.2 Å². The Balaban J connectivity index is 1.54. The molecule has 0 aliphatic carbocycles. The van der Waals surface area contributed by atoms with E-state index in [1.54, 1.807) is 19.2 Å². The molecule has 2 N–H and O–H groups in total. The predicted molar refractivity (Wildman–Crippen MR) is 101 cm³/mol. The molecule has 25 heavy (non-hydrogen) atoms. The first-order chi connectivity index (χ1) is 12.1. The number of ether oxygens (including phenoxy) is 1. The van der Waals surface area contributed by atoms with Crippen LogP contribution >= 0.6 is 23.8 Å². The van der Waals surface area contributed by atoms with Crippen molar-refractivity contribution in [2.45, 2.75) is 6.54 Å². The molecule has 3 aromatic rings. The van der Waals surface area contributed by atoms with Crippen LogP contribution in [0, 0.1) is 0 Å². The molecule has 0 aliphatic heterocycles. The van der Waals surface area contributed by atoms with Crippen LogP contribution in [-0.4, -0.2) is 22.4 Å². The lowest BCUT2D eigenvalue weighted by atomic mass is 10.2. The first-order valence-corrected chi connectivity index (χ1v) is 8.20. The highest BCUT2D eigenvalue weighted by Crippen LogP contribution is 2.18. The molecule has 0 aliphatic rings. The molecule has 1 heterocycles. The van der Waals surface area contributed by atoms with E-state index < -0.39 is 0 Å². The van der Waals surface area contributed by atoms with Gasteiger partial charge in [0.05, 0.1) is 13.7 Å². The average Bonchev–Trinajstić information content (AvgIpc) is 3.10. The molecule has 8 heteroatoms. The van der Waals surface area contributed by atoms with Gasteiger partial charge < -0.3 is 19.9 Å². The van der Waals surface area contributed by atoms with Crippen molar-refractivity contribution in [3.63, 3.8) is 0 Å². The van der Waals surface area contributed by atoms with Gasteiger partial charge in [-0.25, -0.2) is 0 Å². The standard InChI is InChI=1S/C17H15ClN4O2S/c1-23-14-8-6-13(7-9-14)20-17(25)19-10-15-21-16(22-24-15)11-2-4-12(18)5-3-11/h2-9H,10H2,1H3,(H2,19,20,25). The second-order valence-corrected chi connectivity index (χ2v) is 5.90. The Hall–Kier alpha value is -2.64. The molecule has 0 unspecified atom stereocenters. The van der Waals surface area contributed by atoms with Crippen LogP contribution in [-0.2, 0) is 6.54 Å². The number of methoxy groups -OCH3 is 1. The van der Waals surface area contributed by atoms with Gasteiger partial charge in [-0.3, -0.25) is 0 Å². The molecule has 0 fully saturated rings. The summed E-state index contributed by atoms with van der Waals surface area (Å²) in [6.45, 7) is 0.322. The molecule has 128 valence electrons. The fourth-order valence-corrected chi connectivity index (χ4v) is 2.36. The maximum Gasteiger partial charge on any atom is 0.246 e. The Bertz CT molecular complexity index is 850. The van der Waals surface area contributed by atoms with Crippen molar-refractivity contribution in [2.75, 3.05) is 12.4 Å². The number of benzene rings is 2. The minimum atomic E-state index is 0.322. The molecule has 3 rings (SSSR count). The Morgan fingerprint density at radius 2 is 1.88 bits per heavy atom. The van der Waals surface area contributed by atoms with Gasteiger partial charge in [-0.2, -0.15) is 4.98 Å². The SMILES string of the molecule is COc1ccc(NC(=S)NCc2nc(-c3ccc(Cl)cc3)no2)cc1. The third-order valence-corrected chi connectivity index (χ3v) is 3.82. The van der Waals surface area contributed by atoms with Crippen LogP contribution in [0.2, 0.25) is 5.02 Å². The fraction of sp³-hybridized carbons (Fsp3) is 0.118. The van der Waals surface area contributed by atoms with E-state index in [1.165, 1.54) is 0 Å². The Kier molecular flexibility index (Phi) is 5.47. The summed E-state index contributed by atoms with van der Waals surface area (Å²) in [6, 6.07) is 14.7. The summed E-state index contributed by atoms with van der Waals surface area (Å²) in [4.78, 5) is 4.32. The highest BCUT2D eigenvalue weighted by atomic mass is 35.5. The smallest absolute Gasteiger partial charge is 0.246 e. The van der Waals surface area contributed by atoms with E-state index >= 15 is 0 Å². The Morgan fingerprint density at radius 3 is 2.56 bits per heavy atom. The lowest BCUT2D eigenvalue weighted by Crippen LogP contribution is -2.27. The maximum atomic E-state index is 5.87. The zero-order valence-corrected chi connectivity index (χ0v) is 14.9. The zero-order chi connectivity index (χ0) is 17.6. The normalized spacial score (nSPS) is 10.3. The van der Waals surface area contributed by atoms with Crippen molar-refractivity contribution in [2.24, 2.45) is 0 Å². The van der Waals surface area contributed by atoms with E-state index in [1.807, 2.05) is 36.4 Å². The van der Waals surface area contributed by atoms with Crippen LogP contribution < -0.4 is 15.4 Å². The summed E-state index contributed by atoms with van der Waals surface area (Å²) < 4.78 is 10.3. The van der Waals surface area contributed by atoms with Gasteiger partial charge in [0.15, 0.2) is 5.11 Å². The summed E-state index contributed by atoms with van der Waals surface area (Å²) in [5.74, 6) is 1.72. The van der Waals surface area contributed by atoms with E-state index in [0.717, 1.165) is 17.0 Å². The number of nitrogens with zero attached hydrogens (tertiary/aromatic N) is 2. The van der Waals surface area contributed by atoms with Crippen LogP contribution in [0.25, 0.3) is 11.4 Å². The fourth-order valence-electron chi connectivity index (χ4n) is 2.05. The first kappa shape index (κ1) is 17.2. The number of hydrogen-bond acceptors (Lipinski definition) is 5. The molecule has 1 aromatic heterocycles. The minimum absolute atomic E-state index is 0.322. The van der Waals surface area contributed by atoms with Gasteiger partial charge >= 0.3 is 0 Å². The summed E-state index contributed by atoms with van der Waals surface area (Å²) in [5, 5.41) is 11.2. The third kappa shape index (κ3) is 4.68. The van der Waals surface area contributed by atoms with Gasteiger partial charge in [-0.05, 0) is 60.7 Å². The summed E-state index contributed by atoms with van der Waals surface area (Å²) in [7, 11) is 1.62. The van der Waals surface area contributed by atoms with E-state index in [-0.39, 0.29) is 0 Å². The highest BCUT2D eigenvalue weighted by molar-refractivity contribution is 7.80. The molecule has 0 saturated carbocycles. The predicted octanol–water partition coefficient (Wildman–Crippen LogP) is 3.89. The zero-order valence-electron chi connectivity index (χ0n) is 13.3. The second-order valence-electron chi connectivity index (χ2n) is 5.05. The van der Waals surface area contributed by atoms with Crippen molar-refractivity contribution in [1.82, 2.24) is 15.5 Å². The van der Waals surface area contributed by atoms with E-state index in [2.05, 4.69) is 20.8 Å². The van der Waals surface area contributed by atoms with Crippen LogP contribution in [0.5, 0.6) is 5.75 Å². The number of nitrogens with one attached hydrogen (secondary N) is 2. The Morgan fingerprint density at radius 1 is 1.16 bits per heavy atom. The molecule has 6 nitrogen and oxygen atoms in total. The third-order valence-electron chi connectivity index (χ3n) is 3.32. The van der Waals surface area contributed by atoms with Crippen LogP contribution in [0.3, 0.4) is 0 Å². The lowest BCUT2D eigenvalue weighted by Gasteiger charge is -2.09. The number of aromatic nitrogens is 2. The van der Waals surface area contributed by atoms with Crippen molar-refractivity contribution >= 4 is 34.6 Å². The maximum absolute atomic E-state index is 5.87. The van der Waals surface area contributed by atoms with Crippen molar-refractivity contribution in [3.8, 4) is 17.1 Å². The van der Waals surface area contributed by atoms with Gasteiger partial charge in [-0.15, -0.1) is 0 Å². The van der Waals surface area contributed by atoms with Gasteiger partial charge in [0.1, 0.15) is 5.75 Å². The van der Waals surface area contributed by atoms with Gasteiger partial charge in [-0.1, -0.05) is 16.8 Å². The van der Waals surface area contributed by atoms with Crippen molar-refractivity contribution < 1.29 is 9.26 Å². The van der Waals surface area contributed by atoms with Crippen molar-refractivity contribution in [3.05, 3.63) is 59.4 Å². The van der Waals surface area contributed by atoms with Crippen molar-refractivity contribution in [1.29, 1.82) is 0 Å². The molecule has 0 spiro atoms. The van der Waals surface area contributed by atoms with E-state index in [0.29, 0.717) is 28.4 Å². The van der Waals surface area contributed by atoms with E-state index in [9.17, 15) is 0 Å². The molecule has 0 atom stereocenters. The average molecular weight is 375 g/mol. The molecule has 0 bridgehead atoms. The van der Waals surface area contributed by atoms with Gasteiger partial charge in [0, 0.05) is 16.3 Å². The largest absolute Gasteiger partial charge is 0.497 e. The van der Waals surface area contributed by atoms with Crippen LogP contribution in [0.15, 0.2) is 53.1 Å². The quantitative estimate of drug-likeness (QED) is 0.656. The second kappa shape index (κ2) is 7.96. The van der Waals surface area contributed by atoms with Crippen LogP contribution in [0.1, 0.15) is 5.89 Å². The molecule has 2 aromatic carbocycles. The summed E-state index contributed by atoms with van der Waals surface area (Å²) in [6.07, 6.45) is 0. The molecular formula is C17H15ClN4O2S. The molecule has 0 amide bonds. The number of hydrogen-bond donors (Lipinski definition) is 2.